The summed E-state index contributed by atoms with van der Waals surface area (Å²) in [7, 11) is 3.35. The first-order chi connectivity index (χ1) is 15.2. The summed E-state index contributed by atoms with van der Waals surface area (Å²) in [5.74, 6) is 1.13. The van der Waals surface area contributed by atoms with E-state index in [-0.39, 0.29) is 5.82 Å². The van der Waals surface area contributed by atoms with Crippen LogP contribution in [0, 0.1) is 11.7 Å². The maximum atomic E-state index is 14.4. The van der Waals surface area contributed by atoms with Crippen molar-refractivity contribution in [3.05, 3.63) is 65.0 Å². The molecule has 0 N–H and O–H groups in total. The molecule has 0 bridgehead atoms. The van der Waals surface area contributed by atoms with E-state index in [1.165, 1.54) is 49.4 Å². The highest BCUT2D eigenvalue weighted by Gasteiger charge is 2.31. The average molecular weight is 427 g/mol. The molecule has 5 heteroatoms. The zero-order valence-electron chi connectivity index (χ0n) is 18.9. The maximum Gasteiger partial charge on any atom is 0.127 e. The molecular formula is C26H35FN2O2. The van der Waals surface area contributed by atoms with Crippen LogP contribution in [0.5, 0.6) is 5.75 Å². The van der Waals surface area contributed by atoms with Crippen LogP contribution in [0.3, 0.4) is 0 Å². The average Bonchev–Trinajstić information content (AvgIpc) is 3.23. The zero-order valence-corrected chi connectivity index (χ0v) is 18.9. The number of benzene rings is 2. The number of hydrogen-bond acceptors (Lipinski definition) is 4. The lowest BCUT2D eigenvalue weighted by atomic mass is 9.95. The van der Waals surface area contributed by atoms with Crippen molar-refractivity contribution in [2.45, 2.75) is 38.3 Å². The molecule has 4 rings (SSSR count). The number of rotatable bonds is 9. The Morgan fingerprint density at radius 1 is 1.10 bits per heavy atom. The van der Waals surface area contributed by atoms with Gasteiger partial charge < -0.3 is 9.47 Å². The summed E-state index contributed by atoms with van der Waals surface area (Å²) in [5.41, 5.74) is 3.73. The normalized spacial score (nSPS) is 19.7. The maximum absolute atomic E-state index is 14.4. The lowest BCUT2D eigenvalue weighted by molar-refractivity contribution is 0.0839. The molecule has 0 spiro atoms. The number of halogens is 1. The Bertz CT molecular complexity index is 834. The Balaban J connectivity index is 1.39. The van der Waals surface area contributed by atoms with Crippen LogP contribution in [-0.2, 0) is 24.1 Å². The minimum Gasteiger partial charge on any atom is -0.497 e. The van der Waals surface area contributed by atoms with Gasteiger partial charge in [0, 0.05) is 44.9 Å². The second-order valence-corrected chi connectivity index (χ2v) is 9.02. The van der Waals surface area contributed by atoms with Gasteiger partial charge in [-0.3, -0.25) is 9.80 Å². The van der Waals surface area contributed by atoms with Crippen molar-refractivity contribution in [1.29, 1.82) is 0 Å². The molecule has 2 aromatic carbocycles. The number of ether oxygens (including phenoxy) is 2. The number of nitrogens with zero attached hydrogens (tertiary/aromatic N) is 2. The van der Waals surface area contributed by atoms with E-state index in [9.17, 15) is 4.39 Å². The second kappa shape index (κ2) is 10.6. The molecular weight excluding hydrogens is 391 g/mol. The predicted molar refractivity (Wildman–Crippen MR) is 122 cm³/mol. The van der Waals surface area contributed by atoms with E-state index in [2.05, 4.69) is 34.1 Å². The summed E-state index contributed by atoms with van der Waals surface area (Å²) in [6.45, 7) is 5.33. The Labute approximate surface area is 185 Å². The molecule has 2 aliphatic rings. The summed E-state index contributed by atoms with van der Waals surface area (Å²) >= 11 is 0. The standard InChI is InChI=1S/C26H35FN2O2/c1-30-13-12-28(19-23-16-25(31-2)9-10-26(23)27)17-20-6-5-11-29(18-20)24-14-21-7-3-4-8-22(21)15-24/h3-4,7-10,16,20,24H,5-6,11-15,17-19H2,1-2H3. The van der Waals surface area contributed by atoms with Crippen LogP contribution in [0.1, 0.15) is 29.5 Å². The van der Waals surface area contributed by atoms with Gasteiger partial charge in [0.2, 0.25) is 0 Å². The number of fused-ring (bicyclic) bond motifs is 1. The largest absolute Gasteiger partial charge is 0.497 e. The van der Waals surface area contributed by atoms with Crippen LogP contribution in [0.15, 0.2) is 42.5 Å². The van der Waals surface area contributed by atoms with Gasteiger partial charge in [0.15, 0.2) is 0 Å². The van der Waals surface area contributed by atoms with Crippen molar-refractivity contribution in [2.75, 3.05) is 47.0 Å². The molecule has 1 fully saturated rings. The highest BCUT2D eigenvalue weighted by molar-refractivity contribution is 5.33. The first kappa shape index (κ1) is 22.3. The lowest BCUT2D eigenvalue weighted by Gasteiger charge is -2.39. The van der Waals surface area contributed by atoms with E-state index in [0.717, 1.165) is 19.6 Å². The van der Waals surface area contributed by atoms with Gasteiger partial charge in [0.05, 0.1) is 13.7 Å². The van der Waals surface area contributed by atoms with Crippen LogP contribution >= 0.6 is 0 Å². The number of likely N-dealkylation sites (tertiary alicyclic amines) is 1. The van der Waals surface area contributed by atoms with E-state index in [1.807, 2.05) is 6.07 Å². The molecule has 31 heavy (non-hydrogen) atoms. The third-order valence-corrected chi connectivity index (χ3v) is 6.87. The van der Waals surface area contributed by atoms with E-state index in [4.69, 9.17) is 9.47 Å². The SMILES string of the molecule is COCCN(Cc1cc(OC)ccc1F)CC1CCCN(C2Cc3ccccc3C2)C1. The number of methoxy groups -OCH3 is 2. The molecule has 0 aromatic heterocycles. The molecule has 1 unspecified atom stereocenters. The van der Waals surface area contributed by atoms with Crippen molar-refractivity contribution in [2.24, 2.45) is 5.92 Å². The third-order valence-electron chi connectivity index (χ3n) is 6.87. The second-order valence-electron chi connectivity index (χ2n) is 9.02. The molecule has 1 aliphatic heterocycles. The van der Waals surface area contributed by atoms with Crippen LogP contribution in [0.4, 0.5) is 4.39 Å². The minimum atomic E-state index is -0.169. The molecule has 1 heterocycles. The van der Waals surface area contributed by atoms with Gasteiger partial charge in [-0.2, -0.15) is 0 Å². The Kier molecular flexibility index (Phi) is 7.59. The lowest BCUT2D eigenvalue weighted by Crippen LogP contribution is -2.46. The fraction of sp³-hybridized carbons (Fsp3) is 0.538. The highest BCUT2D eigenvalue weighted by Crippen LogP contribution is 2.29. The van der Waals surface area contributed by atoms with E-state index >= 15 is 0 Å². The molecule has 0 amide bonds. The van der Waals surface area contributed by atoms with Crippen molar-refractivity contribution in [3.63, 3.8) is 0 Å². The summed E-state index contributed by atoms with van der Waals surface area (Å²) in [4.78, 5) is 5.05. The van der Waals surface area contributed by atoms with Crippen molar-refractivity contribution in [3.8, 4) is 5.75 Å². The van der Waals surface area contributed by atoms with E-state index < -0.39 is 0 Å². The highest BCUT2D eigenvalue weighted by atomic mass is 19.1. The fourth-order valence-electron chi connectivity index (χ4n) is 5.23. The molecule has 168 valence electrons. The molecule has 0 radical (unpaired) electrons. The summed E-state index contributed by atoms with van der Waals surface area (Å²) < 4.78 is 25.1. The molecule has 0 saturated carbocycles. The Morgan fingerprint density at radius 2 is 1.87 bits per heavy atom. The molecule has 1 atom stereocenters. The van der Waals surface area contributed by atoms with Crippen molar-refractivity contribution < 1.29 is 13.9 Å². The van der Waals surface area contributed by atoms with Crippen LogP contribution < -0.4 is 4.74 Å². The van der Waals surface area contributed by atoms with Gasteiger partial charge in [-0.05, 0) is 67.5 Å². The zero-order chi connectivity index (χ0) is 21.6. The quantitative estimate of drug-likeness (QED) is 0.601. The minimum absolute atomic E-state index is 0.169. The first-order valence-corrected chi connectivity index (χ1v) is 11.5. The molecule has 4 nitrogen and oxygen atoms in total. The fourth-order valence-corrected chi connectivity index (χ4v) is 5.23. The van der Waals surface area contributed by atoms with E-state index in [1.54, 1.807) is 20.3 Å². The van der Waals surface area contributed by atoms with Gasteiger partial charge in [0.25, 0.3) is 0 Å². The third kappa shape index (κ3) is 5.65. The van der Waals surface area contributed by atoms with Gasteiger partial charge >= 0.3 is 0 Å². The van der Waals surface area contributed by atoms with Gasteiger partial charge in [-0.25, -0.2) is 4.39 Å². The molecule has 2 aromatic rings. The predicted octanol–water partition coefficient (Wildman–Crippen LogP) is 4.16. The number of piperidine rings is 1. The smallest absolute Gasteiger partial charge is 0.127 e. The molecule has 1 saturated heterocycles. The first-order valence-electron chi connectivity index (χ1n) is 11.5. The molecule has 1 aliphatic carbocycles. The van der Waals surface area contributed by atoms with Crippen molar-refractivity contribution in [1.82, 2.24) is 9.80 Å². The van der Waals surface area contributed by atoms with Gasteiger partial charge in [-0.15, -0.1) is 0 Å². The Morgan fingerprint density at radius 3 is 2.58 bits per heavy atom. The van der Waals surface area contributed by atoms with Gasteiger partial charge in [-0.1, -0.05) is 24.3 Å². The van der Waals surface area contributed by atoms with Crippen LogP contribution in [0.2, 0.25) is 0 Å². The summed E-state index contributed by atoms with van der Waals surface area (Å²) in [5, 5.41) is 0. The van der Waals surface area contributed by atoms with Crippen molar-refractivity contribution >= 4 is 0 Å². The Hall–Kier alpha value is -1.95. The van der Waals surface area contributed by atoms with Crippen LogP contribution in [-0.4, -0.2) is 62.8 Å². The monoisotopic (exact) mass is 426 g/mol. The summed E-state index contributed by atoms with van der Waals surface area (Å²) in [6, 6.07) is 14.5. The van der Waals surface area contributed by atoms with E-state index in [0.29, 0.717) is 36.4 Å². The number of hydrogen-bond donors (Lipinski definition) is 0. The summed E-state index contributed by atoms with van der Waals surface area (Å²) in [6.07, 6.45) is 4.82. The van der Waals surface area contributed by atoms with Gasteiger partial charge in [0.1, 0.15) is 11.6 Å². The van der Waals surface area contributed by atoms with Crippen LogP contribution in [0.25, 0.3) is 0 Å². The topological polar surface area (TPSA) is 24.9 Å².